The van der Waals surface area contributed by atoms with Gasteiger partial charge in [-0.15, -0.1) is 0 Å². The summed E-state index contributed by atoms with van der Waals surface area (Å²) in [5.41, 5.74) is 1.15. The lowest BCUT2D eigenvalue weighted by Gasteiger charge is -2.12. The summed E-state index contributed by atoms with van der Waals surface area (Å²) in [6, 6.07) is 12.0. The first-order valence-electron chi connectivity index (χ1n) is 7.82. The van der Waals surface area contributed by atoms with Crippen molar-refractivity contribution >= 4 is 17.8 Å². The molecule has 0 aliphatic rings. The van der Waals surface area contributed by atoms with Crippen LogP contribution in [0.4, 0.5) is 0 Å². The number of Topliss-reactive ketones (excluding diaryl/α,β-unsaturated/α-hetero) is 1. The van der Waals surface area contributed by atoms with Gasteiger partial charge in [0.25, 0.3) is 0 Å². The van der Waals surface area contributed by atoms with E-state index in [9.17, 15) is 9.59 Å². The predicted molar refractivity (Wildman–Crippen MR) is 96.9 cm³/mol. The molecule has 0 bridgehead atoms. The molecular weight excluding hydrogens is 336 g/mol. The van der Waals surface area contributed by atoms with Crippen molar-refractivity contribution in [2.24, 2.45) is 0 Å². The summed E-state index contributed by atoms with van der Waals surface area (Å²) in [6.45, 7) is -0.317. The van der Waals surface area contributed by atoms with Gasteiger partial charge in [-0.2, -0.15) is 0 Å². The van der Waals surface area contributed by atoms with Crippen molar-refractivity contribution in [2.45, 2.75) is 0 Å². The van der Waals surface area contributed by atoms with Crippen LogP contribution in [0.1, 0.15) is 15.9 Å². The van der Waals surface area contributed by atoms with Gasteiger partial charge in [0.05, 0.1) is 21.3 Å². The van der Waals surface area contributed by atoms with Crippen molar-refractivity contribution in [3.05, 3.63) is 59.7 Å². The number of ketones is 1. The zero-order valence-corrected chi connectivity index (χ0v) is 14.9. The monoisotopic (exact) mass is 356 g/mol. The Morgan fingerprint density at radius 1 is 0.923 bits per heavy atom. The SMILES string of the molecule is COc1cc(/C=C/C(=O)OCC(=O)c2ccccc2)cc(OC)c1OC. The summed E-state index contributed by atoms with van der Waals surface area (Å²) < 4.78 is 20.7. The van der Waals surface area contributed by atoms with Crippen LogP contribution in [-0.4, -0.2) is 39.7 Å². The second-order valence-electron chi connectivity index (χ2n) is 5.19. The Balaban J connectivity index is 2.02. The van der Waals surface area contributed by atoms with Crippen LogP contribution in [-0.2, 0) is 9.53 Å². The minimum atomic E-state index is -0.622. The molecule has 0 N–H and O–H groups in total. The van der Waals surface area contributed by atoms with E-state index in [1.807, 2.05) is 6.07 Å². The van der Waals surface area contributed by atoms with Gasteiger partial charge in [-0.05, 0) is 23.8 Å². The number of ether oxygens (including phenoxy) is 4. The van der Waals surface area contributed by atoms with E-state index in [2.05, 4.69) is 0 Å². The van der Waals surface area contributed by atoms with Crippen molar-refractivity contribution in [3.63, 3.8) is 0 Å². The number of hydrogen-bond donors (Lipinski definition) is 0. The molecule has 26 heavy (non-hydrogen) atoms. The molecule has 6 heteroatoms. The molecule has 0 saturated carbocycles. The first kappa shape index (κ1) is 19.1. The summed E-state index contributed by atoms with van der Waals surface area (Å²) >= 11 is 0. The Morgan fingerprint density at radius 3 is 2.08 bits per heavy atom. The Kier molecular flexibility index (Phi) is 6.79. The molecule has 0 aliphatic heterocycles. The van der Waals surface area contributed by atoms with Crippen LogP contribution in [0.5, 0.6) is 17.2 Å². The molecule has 136 valence electrons. The topological polar surface area (TPSA) is 71.1 Å². The highest BCUT2D eigenvalue weighted by atomic mass is 16.5. The van der Waals surface area contributed by atoms with Crippen molar-refractivity contribution in [1.29, 1.82) is 0 Å². The van der Waals surface area contributed by atoms with E-state index in [1.54, 1.807) is 42.5 Å². The second-order valence-corrected chi connectivity index (χ2v) is 5.19. The summed E-state index contributed by atoms with van der Waals surface area (Å²) in [6.07, 6.45) is 2.78. The highest BCUT2D eigenvalue weighted by Gasteiger charge is 2.12. The number of carbonyl (C=O) groups is 2. The maximum atomic E-state index is 11.9. The van der Waals surface area contributed by atoms with Crippen LogP contribution in [0.15, 0.2) is 48.5 Å². The first-order valence-corrected chi connectivity index (χ1v) is 7.82. The molecule has 0 atom stereocenters. The molecular formula is C20H20O6. The standard InChI is InChI=1S/C20H20O6/c1-23-17-11-14(12-18(24-2)20(17)25-3)9-10-19(22)26-13-16(21)15-7-5-4-6-8-15/h4-12H,13H2,1-3H3/b10-9+. The van der Waals surface area contributed by atoms with Gasteiger partial charge in [0.1, 0.15) is 0 Å². The maximum Gasteiger partial charge on any atom is 0.331 e. The van der Waals surface area contributed by atoms with E-state index >= 15 is 0 Å². The largest absolute Gasteiger partial charge is 0.493 e. The lowest BCUT2D eigenvalue weighted by atomic mass is 10.1. The summed E-state index contributed by atoms with van der Waals surface area (Å²) in [7, 11) is 4.53. The van der Waals surface area contributed by atoms with Crippen LogP contribution < -0.4 is 14.2 Å². The van der Waals surface area contributed by atoms with E-state index < -0.39 is 5.97 Å². The minimum absolute atomic E-state index is 0.264. The molecule has 0 aromatic heterocycles. The quantitative estimate of drug-likeness (QED) is 0.411. The Hall–Kier alpha value is -3.28. The average Bonchev–Trinajstić information content (AvgIpc) is 2.69. The molecule has 2 aromatic rings. The highest BCUT2D eigenvalue weighted by molar-refractivity contribution is 5.98. The summed E-state index contributed by atoms with van der Waals surface area (Å²) in [5, 5.41) is 0. The van der Waals surface area contributed by atoms with Gasteiger partial charge < -0.3 is 18.9 Å². The lowest BCUT2D eigenvalue weighted by molar-refractivity contribution is -0.136. The number of rotatable bonds is 8. The van der Waals surface area contributed by atoms with Crippen LogP contribution in [0.25, 0.3) is 6.08 Å². The van der Waals surface area contributed by atoms with E-state index in [4.69, 9.17) is 18.9 Å². The fourth-order valence-electron chi connectivity index (χ4n) is 2.25. The van der Waals surface area contributed by atoms with Gasteiger partial charge in [0.2, 0.25) is 5.75 Å². The van der Waals surface area contributed by atoms with E-state index in [0.717, 1.165) is 0 Å². The molecule has 0 aliphatic carbocycles. The molecule has 0 radical (unpaired) electrons. The van der Waals surface area contributed by atoms with E-state index in [1.165, 1.54) is 27.4 Å². The van der Waals surface area contributed by atoms with E-state index in [-0.39, 0.29) is 12.4 Å². The van der Waals surface area contributed by atoms with Gasteiger partial charge in [0.15, 0.2) is 23.9 Å². The Morgan fingerprint density at radius 2 is 1.54 bits per heavy atom. The number of hydrogen-bond acceptors (Lipinski definition) is 6. The highest BCUT2D eigenvalue weighted by Crippen LogP contribution is 2.38. The third kappa shape index (κ3) is 4.86. The minimum Gasteiger partial charge on any atom is -0.493 e. The normalized spacial score (nSPS) is 10.4. The van der Waals surface area contributed by atoms with Crippen molar-refractivity contribution in [1.82, 2.24) is 0 Å². The van der Waals surface area contributed by atoms with Gasteiger partial charge in [0, 0.05) is 11.6 Å². The molecule has 0 spiro atoms. The zero-order valence-electron chi connectivity index (χ0n) is 14.9. The second kappa shape index (κ2) is 9.27. The molecule has 0 amide bonds. The van der Waals surface area contributed by atoms with Gasteiger partial charge in [-0.25, -0.2) is 4.79 Å². The van der Waals surface area contributed by atoms with Gasteiger partial charge in [-0.1, -0.05) is 30.3 Å². The van der Waals surface area contributed by atoms with Gasteiger partial charge >= 0.3 is 5.97 Å². The van der Waals surface area contributed by atoms with Crippen molar-refractivity contribution < 1.29 is 28.5 Å². The van der Waals surface area contributed by atoms with Crippen molar-refractivity contribution in [2.75, 3.05) is 27.9 Å². The number of esters is 1. The molecule has 2 aromatic carbocycles. The molecule has 6 nitrogen and oxygen atoms in total. The average molecular weight is 356 g/mol. The molecule has 0 saturated heterocycles. The smallest absolute Gasteiger partial charge is 0.331 e. The summed E-state index contributed by atoms with van der Waals surface area (Å²) in [4.78, 5) is 23.7. The van der Waals surface area contributed by atoms with Gasteiger partial charge in [-0.3, -0.25) is 4.79 Å². The van der Waals surface area contributed by atoms with Crippen LogP contribution in [0, 0.1) is 0 Å². The predicted octanol–water partition coefficient (Wildman–Crippen LogP) is 3.15. The first-order chi connectivity index (χ1) is 12.6. The third-order valence-electron chi connectivity index (χ3n) is 3.54. The molecule has 2 rings (SSSR count). The Bertz CT molecular complexity index is 770. The lowest BCUT2D eigenvalue weighted by Crippen LogP contribution is -2.12. The maximum absolute atomic E-state index is 11.9. The fourth-order valence-corrected chi connectivity index (χ4v) is 2.25. The third-order valence-corrected chi connectivity index (χ3v) is 3.54. The van der Waals surface area contributed by atoms with Crippen LogP contribution in [0.3, 0.4) is 0 Å². The number of benzene rings is 2. The molecule has 0 unspecified atom stereocenters. The number of carbonyl (C=O) groups excluding carboxylic acids is 2. The zero-order chi connectivity index (χ0) is 18.9. The van der Waals surface area contributed by atoms with Crippen LogP contribution >= 0.6 is 0 Å². The van der Waals surface area contributed by atoms with Crippen LogP contribution in [0.2, 0.25) is 0 Å². The van der Waals surface area contributed by atoms with Crippen molar-refractivity contribution in [3.8, 4) is 17.2 Å². The summed E-state index contributed by atoms with van der Waals surface area (Å²) in [5.74, 6) is 0.518. The molecule has 0 fully saturated rings. The van der Waals surface area contributed by atoms with E-state index in [0.29, 0.717) is 28.4 Å². The number of methoxy groups -OCH3 is 3. The molecule has 0 heterocycles. The fraction of sp³-hybridized carbons (Fsp3) is 0.200. The Labute approximate surface area is 151 Å².